The summed E-state index contributed by atoms with van der Waals surface area (Å²) in [6, 6.07) is 0.969. The Morgan fingerprint density at radius 2 is 1.89 bits per heavy atom. The third kappa shape index (κ3) is 3.47. The van der Waals surface area contributed by atoms with Gasteiger partial charge in [-0.1, -0.05) is 19.8 Å². The summed E-state index contributed by atoms with van der Waals surface area (Å²) in [4.78, 5) is 13.5. The van der Waals surface area contributed by atoms with Gasteiger partial charge in [0, 0.05) is 12.1 Å². The molecule has 3 heteroatoms. The van der Waals surface area contributed by atoms with Crippen LogP contribution in [0.4, 0.5) is 0 Å². The lowest BCUT2D eigenvalue weighted by Gasteiger charge is -2.43. The molecule has 1 N–H and O–H groups in total. The van der Waals surface area contributed by atoms with E-state index in [0.717, 1.165) is 18.9 Å². The van der Waals surface area contributed by atoms with E-state index in [1.54, 1.807) is 0 Å². The molecule has 1 saturated carbocycles. The van der Waals surface area contributed by atoms with Crippen molar-refractivity contribution >= 4 is 5.97 Å². The maximum atomic E-state index is 11.0. The SMILES string of the molecule is CCC1CCC(N2CCCCC2CC(=O)O)CC1. The minimum atomic E-state index is -0.630. The molecule has 1 heterocycles. The third-order valence-electron chi connectivity index (χ3n) is 4.95. The Bertz CT molecular complexity index is 272. The van der Waals surface area contributed by atoms with Crippen molar-refractivity contribution in [3.05, 3.63) is 0 Å². The molecule has 0 aromatic heterocycles. The fourth-order valence-corrected chi connectivity index (χ4v) is 3.81. The number of hydrogen-bond donors (Lipinski definition) is 1. The van der Waals surface area contributed by atoms with Gasteiger partial charge >= 0.3 is 5.97 Å². The van der Waals surface area contributed by atoms with Crippen LogP contribution in [0.3, 0.4) is 0 Å². The molecular weight excluding hydrogens is 226 g/mol. The molecule has 0 bridgehead atoms. The number of nitrogens with zero attached hydrogens (tertiary/aromatic N) is 1. The summed E-state index contributed by atoms with van der Waals surface area (Å²) >= 11 is 0. The molecule has 0 spiro atoms. The normalized spacial score (nSPS) is 34.4. The van der Waals surface area contributed by atoms with Crippen molar-refractivity contribution in [2.24, 2.45) is 5.92 Å². The highest BCUT2D eigenvalue weighted by Gasteiger charge is 2.32. The van der Waals surface area contributed by atoms with Gasteiger partial charge < -0.3 is 5.11 Å². The molecule has 1 atom stereocenters. The van der Waals surface area contributed by atoms with Crippen molar-refractivity contribution in [2.75, 3.05) is 6.54 Å². The Morgan fingerprint density at radius 3 is 2.50 bits per heavy atom. The predicted molar refractivity (Wildman–Crippen MR) is 72.6 cm³/mol. The van der Waals surface area contributed by atoms with Crippen molar-refractivity contribution < 1.29 is 9.90 Å². The number of likely N-dealkylation sites (tertiary alicyclic amines) is 1. The van der Waals surface area contributed by atoms with Crippen LogP contribution in [0.25, 0.3) is 0 Å². The third-order valence-corrected chi connectivity index (χ3v) is 4.95. The van der Waals surface area contributed by atoms with E-state index in [-0.39, 0.29) is 0 Å². The van der Waals surface area contributed by atoms with Gasteiger partial charge in [0.25, 0.3) is 0 Å². The first-order chi connectivity index (χ1) is 8.70. The van der Waals surface area contributed by atoms with Crippen molar-refractivity contribution in [1.29, 1.82) is 0 Å². The highest BCUT2D eigenvalue weighted by Crippen LogP contribution is 2.33. The van der Waals surface area contributed by atoms with Gasteiger partial charge in [0.1, 0.15) is 0 Å². The number of hydrogen-bond acceptors (Lipinski definition) is 2. The molecule has 0 radical (unpaired) electrons. The van der Waals surface area contributed by atoms with Crippen LogP contribution in [-0.4, -0.2) is 34.6 Å². The highest BCUT2D eigenvalue weighted by atomic mass is 16.4. The van der Waals surface area contributed by atoms with E-state index in [4.69, 9.17) is 5.11 Å². The van der Waals surface area contributed by atoms with Gasteiger partial charge in [-0.05, 0) is 51.0 Å². The maximum Gasteiger partial charge on any atom is 0.304 e. The molecule has 0 aromatic carbocycles. The molecule has 2 aliphatic rings. The van der Waals surface area contributed by atoms with Crippen molar-refractivity contribution in [3.8, 4) is 0 Å². The minimum absolute atomic E-state index is 0.305. The molecule has 3 nitrogen and oxygen atoms in total. The van der Waals surface area contributed by atoms with Crippen molar-refractivity contribution in [1.82, 2.24) is 4.90 Å². The van der Waals surface area contributed by atoms with Crippen LogP contribution in [0.1, 0.15) is 64.7 Å². The standard InChI is InChI=1S/C15H27NO2/c1-2-12-6-8-13(9-7-12)16-10-4-3-5-14(16)11-15(17)18/h12-14H,2-11H2,1H3,(H,17,18). The van der Waals surface area contributed by atoms with Crippen LogP contribution in [0.15, 0.2) is 0 Å². The van der Waals surface area contributed by atoms with E-state index in [1.165, 1.54) is 44.9 Å². The van der Waals surface area contributed by atoms with Gasteiger partial charge in [0.15, 0.2) is 0 Å². The van der Waals surface area contributed by atoms with E-state index in [2.05, 4.69) is 11.8 Å². The van der Waals surface area contributed by atoms with Gasteiger partial charge in [0.05, 0.1) is 6.42 Å². The quantitative estimate of drug-likeness (QED) is 0.836. The lowest BCUT2D eigenvalue weighted by atomic mass is 9.82. The minimum Gasteiger partial charge on any atom is -0.481 e. The molecule has 2 fully saturated rings. The van der Waals surface area contributed by atoms with Crippen LogP contribution in [-0.2, 0) is 4.79 Å². The number of piperidine rings is 1. The number of aliphatic carboxylic acids is 1. The van der Waals surface area contributed by atoms with Gasteiger partial charge in [-0.3, -0.25) is 9.69 Å². The Morgan fingerprint density at radius 1 is 1.17 bits per heavy atom. The fraction of sp³-hybridized carbons (Fsp3) is 0.933. The Kier molecular flexibility index (Phi) is 5.04. The number of carbonyl (C=O) groups is 1. The average Bonchev–Trinajstić information content (AvgIpc) is 2.39. The molecule has 1 aliphatic carbocycles. The summed E-state index contributed by atoms with van der Waals surface area (Å²) in [5.41, 5.74) is 0. The number of carboxylic acids is 1. The fourth-order valence-electron chi connectivity index (χ4n) is 3.81. The van der Waals surface area contributed by atoms with Crippen LogP contribution in [0.5, 0.6) is 0 Å². The van der Waals surface area contributed by atoms with Gasteiger partial charge in [0.2, 0.25) is 0 Å². The second-order valence-electron chi connectivity index (χ2n) is 6.07. The molecule has 1 aliphatic heterocycles. The van der Waals surface area contributed by atoms with Crippen LogP contribution in [0, 0.1) is 5.92 Å². The summed E-state index contributed by atoms with van der Waals surface area (Å²) in [5.74, 6) is 0.290. The molecule has 18 heavy (non-hydrogen) atoms. The molecule has 2 rings (SSSR count). The van der Waals surface area contributed by atoms with E-state index in [1.807, 2.05) is 0 Å². The zero-order valence-electron chi connectivity index (χ0n) is 11.6. The van der Waals surface area contributed by atoms with E-state index in [0.29, 0.717) is 18.5 Å². The van der Waals surface area contributed by atoms with E-state index >= 15 is 0 Å². The average molecular weight is 253 g/mol. The van der Waals surface area contributed by atoms with E-state index in [9.17, 15) is 4.79 Å². The van der Waals surface area contributed by atoms with Crippen LogP contribution < -0.4 is 0 Å². The van der Waals surface area contributed by atoms with Gasteiger partial charge in [-0.2, -0.15) is 0 Å². The maximum absolute atomic E-state index is 11.0. The molecule has 1 unspecified atom stereocenters. The van der Waals surface area contributed by atoms with Crippen molar-refractivity contribution in [3.63, 3.8) is 0 Å². The van der Waals surface area contributed by atoms with Gasteiger partial charge in [-0.15, -0.1) is 0 Å². The lowest BCUT2D eigenvalue weighted by Crippen LogP contribution is -2.48. The summed E-state index contributed by atoms with van der Waals surface area (Å²) in [7, 11) is 0. The molecule has 0 aromatic rings. The predicted octanol–water partition coefficient (Wildman–Crippen LogP) is 3.28. The second-order valence-corrected chi connectivity index (χ2v) is 6.07. The molecular formula is C15H27NO2. The zero-order valence-corrected chi connectivity index (χ0v) is 11.6. The highest BCUT2D eigenvalue weighted by molar-refractivity contribution is 5.67. The van der Waals surface area contributed by atoms with Crippen LogP contribution in [0.2, 0.25) is 0 Å². The van der Waals surface area contributed by atoms with E-state index < -0.39 is 5.97 Å². The van der Waals surface area contributed by atoms with Crippen molar-refractivity contribution in [2.45, 2.75) is 76.8 Å². The van der Waals surface area contributed by atoms with Crippen LogP contribution >= 0.6 is 0 Å². The summed E-state index contributed by atoms with van der Waals surface area (Å²) in [6.07, 6.45) is 10.5. The Balaban J connectivity index is 1.90. The van der Waals surface area contributed by atoms with Gasteiger partial charge in [-0.25, -0.2) is 0 Å². The first-order valence-corrected chi connectivity index (χ1v) is 7.68. The topological polar surface area (TPSA) is 40.5 Å². The molecule has 1 saturated heterocycles. The largest absolute Gasteiger partial charge is 0.481 e. The summed E-state index contributed by atoms with van der Waals surface area (Å²) < 4.78 is 0. The smallest absolute Gasteiger partial charge is 0.304 e. The summed E-state index contributed by atoms with van der Waals surface area (Å²) in [6.45, 7) is 3.42. The Hall–Kier alpha value is -0.570. The molecule has 0 amide bonds. The number of rotatable bonds is 4. The second kappa shape index (κ2) is 6.55. The summed E-state index contributed by atoms with van der Waals surface area (Å²) in [5, 5.41) is 9.04. The lowest BCUT2D eigenvalue weighted by molar-refractivity contribution is -0.139. The first-order valence-electron chi connectivity index (χ1n) is 7.68. The number of carboxylic acid groups (broad SMARTS) is 1. The Labute approximate surface area is 111 Å². The monoisotopic (exact) mass is 253 g/mol. The molecule has 104 valence electrons. The first kappa shape index (κ1) is 13.9. The zero-order chi connectivity index (χ0) is 13.0.